The number of piperazine rings is 1. The van der Waals surface area contributed by atoms with Crippen molar-refractivity contribution in [1.82, 2.24) is 10.2 Å². The van der Waals surface area contributed by atoms with Crippen LogP contribution in [0.25, 0.3) is 0 Å². The molecule has 0 spiro atoms. The van der Waals surface area contributed by atoms with Gasteiger partial charge in [-0.1, -0.05) is 27.7 Å². The third-order valence-corrected chi connectivity index (χ3v) is 4.77. The molecule has 1 aliphatic heterocycles. The average molecular weight is 296 g/mol. The maximum atomic E-state index is 12.9. The van der Waals surface area contributed by atoms with Gasteiger partial charge < -0.3 is 15.0 Å². The van der Waals surface area contributed by atoms with Crippen LogP contribution in [0.2, 0.25) is 0 Å². The number of rotatable bonds is 4. The lowest BCUT2D eigenvalue weighted by molar-refractivity contribution is -0.155. The topological polar surface area (TPSA) is 58.6 Å². The Hall–Kier alpha value is -1.10. The molecule has 4 atom stereocenters. The molecular formula is C16H28N2O3. The third-order valence-electron chi connectivity index (χ3n) is 4.77. The molecule has 4 unspecified atom stereocenters. The Morgan fingerprint density at radius 1 is 1.14 bits per heavy atom. The lowest BCUT2D eigenvalue weighted by atomic mass is 9.91. The van der Waals surface area contributed by atoms with Crippen molar-refractivity contribution in [2.75, 3.05) is 7.11 Å². The number of nitrogens with zero attached hydrogens (tertiary/aromatic N) is 1. The number of ether oxygens (including phenoxy) is 1. The summed E-state index contributed by atoms with van der Waals surface area (Å²) in [6, 6.07) is -0.621. The van der Waals surface area contributed by atoms with Gasteiger partial charge in [0.05, 0.1) is 6.10 Å². The summed E-state index contributed by atoms with van der Waals surface area (Å²) >= 11 is 0. The van der Waals surface area contributed by atoms with E-state index >= 15 is 0 Å². The molecule has 2 aliphatic rings. The second-order valence-electron chi connectivity index (χ2n) is 6.99. The van der Waals surface area contributed by atoms with E-state index in [0.717, 1.165) is 19.3 Å². The largest absolute Gasteiger partial charge is 0.381 e. The molecular weight excluding hydrogens is 268 g/mol. The van der Waals surface area contributed by atoms with E-state index < -0.39 is 6.04 Å². The predicted molar refractivity (Wildman–Crippen MR) is 80.7 cm³/mol. The van der Waals surface area contributed by atoms with Gasteiger partial charge in [0, 0.05) is 13.2 Å². The zero-order valence-electron chi connectivity index (χ0n) is 13.8. The van der Waals surface area contributed by atoms with E-state index in [0.29, 0.717) is 0 Å². The van der Waals surface area contributed by atoms with Crippen LogP contribution in [0.3, 0.4) is 0 Å². The summed E-state index contributed by atoms with van der Waals surface area (Å²) in [6.07, 6.45) is 2.93. The van der Waals surface area contributed by atoms with Crippen molar-refractivity contribution in [3.05, 3.63) is 0 Å². The Kier molecular flexibility index (Phi) is 4.91. The molecule has 1 aliphatic carbocycles. The molecule has 0 aromatic rings. The van der Waals surface area contributed by atoms with Crippen LogP contribution in [0, 0.1) is 11.8 Å². The minimum absolute atomic E-state index is 0.0100. The minimum Gasteiger partial charge on any atom is -0.381 e. The van der Waals surface area contributed by atoms with Crippen LogP contribution in [-0.4, -0.2) is 48.1 Å². The van der Waals surface area contributed by atoms with E-state index in [2.05, 4.69) is 5.32 Å². The van der Waals surface area contributed by atoms with Crippen molar-refractivity contribution in [3.63, 3.8) is 0 Å². The molecule has 1 heterocycles. The number of methoxy groups -OCH3 is 1. The molecule has 1 saturated heterocycles. The highest BCUT2D eigenvalue weighted by Crippen LogP contribution is 2.32. The van der Waals surface area contributed by atoms with Crippen LogP contribution in [-0.2, 0) is 14.3 Å². The quantitative estimate of drug-likeness (QED) is 0.856. The van der Waals surface area contributed by atoms with E-state index in [1.165, 1.54) is 0 Å². The number of carbonyl (C=O) groups is 2. The molecule has 0 radical (unpaired) electrons. The van der Waals surface area contributed by atoms with E-state index in [1.54, 1.807) is 7.11 Å². The molecule has 1 saturated carbocycles. The molecule has 1 N–H and O–H groups in total. The number of hydrogen-bond acceptors (Lipinski definition) is 3. The van der Waals surface area contributed by atoms with Gasteiger partial charge in [-0.25, -0.2) is 0 Å². The highest BCUT2D eigenvalue weighted by molar-refractivity contribution is 5.97. The zero-order valence-corrected chi connectivity index (χ0v) is 13.8. The monoisotopic (exact) mass is 296 g/mol. The van der Waals surface area contributed by atoms with Crippen molar-refractivity contribution >= 4 is 11.8 Å². The summed E-state index contributed by atoms with van der Waals surface area (Å²) in [6.45, 7) is 7.96. The first-order valence-corrected chi connectivity index (χ1v) is 8.02. The molecule has 0 bridgehead atoms. The van der Waals surface area contributed by atoms with Crippen LogP contribution in [0.15, 0.2) is 0 Å². The van der Waals surface area contributed by atoms with Crippen molar-refractivity contribution in [1.29, 1.82) is 0 Å². The SMILES string of the molecule is COC1CCC(N2C(=O)C(C(C)C)NC(=O)C2C(C)C)C1. The first-order valence-electron chi connectivity index (χ1n) is 8.02. The molecule has 5 heteroatoms. The lowest BCUT2D eigenvalue weighted by Crippen LogP contribution is -2.68. The van der Waals surface area contributed by atoms with Gasteiger partial charge in [0.15, 0.2) is 0 Å². The molecule has 0 aromatic heterocycles. The Bertz CT molecular complexity index is 408. The van der Waals surface area contributed by atoms with Gasteiger partial charge in [0.25, 0.3) is 0 Å². The van der Waals surface area contributed by atoms with Crippen LogP contribution >= 0.6 is 0 Å². The second-order valence-corrected chi connectivity index (χ2v) is 6.99. The number of hydrogen-bond donors (Lipinski definition) is 1. The Balaban J connectivity index is 2.26. The fourth-order valence-electron chi connectivity index (χ4n) is 3.59. The zero-order chi connectivity index (χ0) is 15.7. The van der Waals surface area contributed by atoms with E-state index in [-0.39, 0.29) is 41.8 Å². The van der Waals surface area contributed by atoms with Crippen molar-refractivity contribution in [2.24, 2.45) is 11.8 Å². The van der Waals surface area contributed by atoms with Crippen LogP contribution in [0.4, 0.5) is 0 Å². The maximum Gasteiger partial charge on any atom is 0.246 e. The first kappa shape index (κ1) is 16.3. The molecule has 0 aromatic carbocycles. The third kappa shape index (κ3) is 3.07. The summed E-state index contributed by atoms with van der Waals surface area (Å²) in [5.74, 6) is 0.287. The van der Waals surface area contributed by atoms with Gasteiger partial charge in [-0.2, -0.15) is 0 Å². The summed E-state index contributed by atoms with van der Waals surface area (Å²) in [4.78, 5) is 27.2. The molecule has 5 nitrogen and oxygen atoms in total. The van der Waals surface area contributed by atoms with Gasteiger partial charge in [-0.05, 0) is 31.1 Å². The molecule has 2 amide bonds. The Morgan fingerprint density at radius 3 is 2.29 bits per heavy atom. The molecule has 120 valence electrons. The van der Waals surface area contributed by atoms with Crippen LogP contribution in [0.1, 0.15) is 47.0 Å². The number of amides is 2. The van der Waals surface area contributed by atoms with Crippen LogP contribution in [0.5, 0.6) is 0 Å². The van der Waals surface area contributed by atoms with Gasteiger partial charge in [0.2, 0.25) is 11.8 Å². The smallest absolute Gasteiger partial charge is 0.246 e. The molecule has 2 rings (SSSR count). The molecule has 2 fully saturated rings. The van der Waals surface area contributed by atoms with Gasteiger partial charge in [-0.3, -0.25) is 9.59 Å². The van der Waals surface area contributed by atoms with Crippen molar-refractivity contribution < 1.29 is 14.3 Å². The van der Waals surface area contributed by atoms with E-state index in [1.807, 2.05) is 32.6 Å². The number of nitrogens with one attached hydrogen (secondary N) is 1. The summed E-state index contributed by atoms with van der Waals surface area (Å²) in [5.41, 5.74) is 0. The minimum atomic E-state index is -0.394. The lowest BCUT2D eigenvalue weighted by Gasteiger charge is -2.45. The second kappa shape index (κ2) is 6.34. The van der Waals surface area contributed by atoms with Crippen molar-refractivity contribution in [3.8, 4) is 0 Å². The summed E-state index contributed by atoms with van der Waals surface area (Å²) < 4.78 is 5.43. The summed E-state index contributed by atoms with van der Waals surface area (Å²) in [5, 5.41) is 2.91. The van der Waals surface area contributed by atoms with Gasteiger partial charge in [0.1, 0.15) is 12.1 Å². The summed E-state index contributed by atoms with van der Waals surface area (Å²) in [7, 11) is 1.72. The fraction of sp³-hybridized carbons (Fsp3) is 0.875. The standard InChI is InChI=1S/C16H28N2O3/c1-9(2)13-16(20)18(11-6-7-12(8-11)21-5)14(10(3)4)15(19)17-13/h9-14H,6-8H2,1-5H3,(H,17,19). The first-order chi connectivity index (χ1) is 9.86. The Morgan fingerprint density at radius 2 is 1.81 bits per heavy atom. The highest BCUT2D eigenvalue weighted by atomic mass is 16.5. The Labute approximate surface area is 127 Å². The fourth-order valence-corrected chi connectivity index (χ4v) is 3.59. The number of carbonyl (C=O) groups excluding carboxylic acids is 2. The molecule has 21 heavy (non-hydrogen) atoms. The average Bonchev–Trinajstić information content (AvgIpc) is 2.88. The van der Waals surface area contributed by atoms with E-state index in [9.17, 15) is 9.59 Å². The van der Waals surface area contributed by atoms with Crippen LogP contribution < -0.4 is 5.32 Å². The maximum absolute atomic E-state index is 12.9. The van der Waals surface area contributed by atoms with Gasteiger partial charge >= 0.3 is 0 Å². The van der Waals surface area contributed by atoms with Crippen molar-refractivity contribution in [2.45, 2.75) is 71.2 Å². The van der Waals surface area contributed by atoms with Gasteiger partial charge in [-0.15, -0.1) is 0 Å². The van der Waals surface area contributed by atoms with E-state index in [4.69, 9.17) is 4.74 Å². The predicted octanol–water partition coefficient (Wildman–Crippen LogP) is 1.56. The normalized spacial score (nSPS) is 34.0. The highest BCUT2D eigenvalue weighted by Gasteiger charge is 2.47.